The highest BCUT2D eigenvalue weighted by molar-refractivity contribution is 7.99. The fourth-order valence-corrected chi connectivity index (χ4v) is 2.10. The predicted octanol–water partition coefficient (Wildman–Crippen LogP) is 3.57. The highest BCUT2D eigenvalue weighted by Crippen LogP contribution is 2.28. The van der Waals surface area contributed by atoms with Gasteiger partial charge in [-0.15, -0.1) is 0 Å². The van der Waals surface area contributed by atoms with Crippen molar-refractivity contribution in [1.29, 1.82) is 0 Å². The normalized spacial score (nSPS) is 10.2. The summed E-state index contributed by atoms with van der Waals surface area (Å²) in [7, 11) is 0. The molecule has 0 N–H and O–H groups in total. The highest BCUT2D eigenvalue weighted by atomic mass is 32.2. The summed E-state index contributed by atoms with van der Waals surface area (Å²) in [6.07, 6.45) is 1.66. The second-order valence-corrected chi connectivity index (χ2v) is 4.53. The van der Waals surface area contributed by atoms with Crippen molar-refractivity contribution in [1.82, 2.24) is 4.98 Å². The Labute approximate surface area is 103 Å². The summed E-state index contributed by atoms with van der Waals surface area (Å²) >= 11 is 1.24. The Bertz CT molecular complexity index is 542. The third-order valence-electron chi connectivity index (χ3n) is 2.19. The minimum absolute atomic E-state index is 0.140. The molecule has 0 bridgehead atoms. The topological polar surface area (TPSA) is 30.0 Å². The van der Waals surface area contributed by atoms with Crippen LogP contribution in [0, 0.1) is 5.82 Å². The molecule has 2 nitrogen and oxygen atoms in total. The quantitative estimate of drug-likeness (QED) is 0.776. The van der Waals surface area contributed by atoms with E-state index in [-0.39, 0.29) is 5.78 Å². The summed E-state index contributed by atoms with van der Waals surface area (Å²) < 4.78 is 13.7. The summed E-state index contributed by atoms with van der Waals surface area (Å²) in [6, 6.07) is 9.94. The third kappa shape index (κ3) is 2.91. The summed E-state index contributed by atoms with van der Waals surface area (Å²) in [4.78, 5) is 15.6. The van der Waals surface area contributed by atoms with E-state index in [0.29, 0.717) is 10.5 Å². The van der Waals surface area contributed by atoms with Crippen molar-refractivity contribution < 1.29 is 9.18 Å². The molecule has 1 aromatic heterocycles. The van der Waals surface area contributed by atoms with E-state index in [1.807, 2.05) is 12.1 Å². The lowest BCUT2D eigenvalue weighted by Gasteiger charge is -2.03. The molecular formula is C13H10FNOS. The second kappa shape index (κ2) is 5.10. The molecule has 1 aromatic carbocycles. The molecule has 86 valence electrons. The maximum absolute atomic E-state index is 13.7. The van der Waals surface area contributed by atoms with Gasteiger partial charge in [-0.3, -0.25) is 4.79 Å². The van der Waals surface area contributed by atoms with Crippen LogP contribution >= 0.6 is 11.8 Å². The van der Waals surface area contributed by atoms with Gasteiger partial charge >= 0.3 is 0 Å². The lowest BCUT2D eigenvalue weighted by Crippen LogP contribution is -1.93. The Balaban J connectivity index is 2.26. The molecular weight excluding hydrogens is 237 g/mol. The van der Waals surface area contributed by atoms with E-state index < -0.39 is 5.82 Å². The Morgan fingerprint density at radius 2 is 2.12 bits per heavy atom. The van der Waals surface area contributed by atoms with Crippen LogP contribution in [-0.4, -0.2) is 10.8 Å². The highest BCUT2D eigenvalue weighted by Gasteiger charge is 2.08. The van der Waals surface area contributed by atoms with E-state index in [1.165, 1.54) is 24.8 Å². The molecule has 2 aromatic rings. The zero-order chi connectivity index (χ0) is 12.3. The number of hydrogen-bond donors (Lipinski definition) is 0. The molecule has 17 heavy (non-hydrogen) atoms. The van der Waals surface area contributed by atoms with E-state index in [1.54, 1.807) is 24.4 Å². The molecule has 0 aliphatic heterocycles. The second-order valence-electron chi connectivity index (χ2n) is 3.47. The number of aromatic nitrogens is 1. The first-order valence-corrected chi connectivity index (χ1v) is 5.88. The van der Waals surface area contributed by atoms with E-state index in [0.717, 1.165) is 5.03 Å². The molecule has 0 atom stereocenters. The largest absolute Gasteiger partial charge is 0.295 e. The van der Waals surface area contributed by atoms with Gasteiger partial charge in [0.1, 0.15) is 10.8 Å². The van der Waals surface area contributed by atoms with Gasteiger partial charge in [0.05, 0.1) is 0 Å². The number of benzene rings is 1. The van der Waals surface area contributed by atoms with Crippen LogP contribution in [0.2, 0.25) is 0 Å². The van der Waals surface area contributed by atoms with E-state index >= 15 is 0 Å². The van der Waals surface area contributed by atoms with E-state index in [2.05, 4.69) is 4.98 Å². The van der Waals surface area contributed by atoms with Crippen LogP contribution in [-0.2, 0) is 0 Å². The van der Waals surface area contributed by atoms with Gasteiger partial charge in [0, 0.05) is 16.7 Å². The van der Waals surface area contributed by atoms with E-state index in [4.69, 9.17) is 0 Å². The SMILES string of the molecule is CC(=O)c1ccc(Sc2ccccn2)c(F)c1. The first kappa shape index (κ1) is 11.8. The molecule has 0 aliphatic rings. The number of carbonyl (C=O) groups is 1. The minimum atomic E-state index is -0.395. The van der Waals surface area contributed by atoms with Crippen LogP contribution in [0.1, 0.15) is 17.3 Å². The summed E-state index contributed by atoms with van der Waals surface area (Å²) in [5, 5.41) is 0.724. The van der Waals surface area contributed by atoms with Crippen molar-refractivity contribution in [3.63, 3.8) is 0 Å². The van der Waals surface area contributed by atoms with Crippen LogP contribution in [0.5, 0.6) is 0 Å². The summed E-state index contributed by atoms with van der Waals surface area (Å²) in [6.45, 7) is 1.42. The summed E-state index contributed by atoms with van der Waals surface area (Å²) in [5.41, 5.74) is 0.382. The molecule has 0 radical (unpaired) electrons. The molecule has 0 aliphatic carbocycles. The number of carbonyl (C=O) groups excluding carboxylic acids is 1. The summed E-state index contributed by atoms with van der Waals surface area (Å²) in [5.74, 6) is -0.536. The molecule has 1 heterocycles. The molecule has 4 heteroatoms. The standard InChI is InChI=1S/C13H10FNOS/c1-9(16)10-5-6-12(11(14)8-10)17-13-4-2-3-7-15-13/h2-8H,1H3. The van der Waals surface area contributed by atoms with Gasteiger partial charge in [-0.25, -0.2) is 9.37 Å². The average molecular weight is 247 g/mol. The fourth-order valence-electron chi connectivity index (χ4n) is 1.32. The van der Waals surface area contributed by atoms with Crippen molar-refractivity contribution in [2.75, 3.05) is 0 Å². The molecule has 0 saturated heterocycles. The number of ketones is 1. The van der Waals surface area contributed by atoms with Crippen LogP contribution in [0.15, 0.2) is 52.5 Å². The Morgan fingerprint density at radius 3 is 2.71 bits per heavy atom. The molecule has 0 unspecified atom stereocenters. The van der Waals surface area contributed by atoms with Crippen molar-refractivity contribution >= 4 is 17.5 Å². The van der Waals surface area contributed by atoms with Crippen molar-refractivity contribution in [2.45, 2.75) is 16.8 Å². The lowest BCUT2D eigenvalue weighted by molar-refractivity contribution is 0.101. The van der Waals surface area contributed by atoms with Crippen LogP contribution in [0.3, 0.4) is 0 Å². The van der Waals surface area contributed by atoms with Gasteiger partial charge in [-0.2, -0.15) is 0 Å². The number of hydrogen-bond acceptors (Lipinski definition) is 3. The smallest absolute Gasteiger partial charge is 0.159 e. The van der Waals surface area contributed by atoms with E-state index in [9.17, 15) is 9.18 Å². The maximum atomic E-state index is 13.7. The Morgan fingerprint density at radius 1 is 1.29 bits per heavy atom. The van der Waals surface area contributed by atoms with Crippen molar-refractivity contribution in [2.24, 2.45) is 0 Å². The van der Waals surface area contributed by atoms with Gasteiger partial charge in [0.25, 0.3) is 0 Å². The van der Waals surface area contributed by atoms with Crippen molar-refractivity contribution in [3.8, 4) is 0 Å². The first-order chi connectivity index (χ1) is 8.16. The molecule has 0 saturated carbocycles. The zero-order valence-corrected chi connectivity index (χ0v) is 10.00. The number of Topliss-reactive ketones (excluding diaryl/α,β-unsaturated/α-hetero) is 1. The van der Waals surface area contributed by atoms with Gasteiger partial charge in [-0.05, 0) is 31.2 Å². The van der Waals surface area contributed by atoms with Gasteiger partial charge in [0.2, 0.25) is 0 Å². The fraction of sp³-hybridized carbons (Fsp3) is 0.0769. The Hall–Kier alpha value is -1.68. The van der Waals surface area contributed by atoms with Crippen LogP contribution in [0.4, 0.5) is 4.39 Å². The van der Waals surface area contributed by atoms with Gasteiger partial charge in [-0.1, -0.05) is 23.9 Å². The Kier molecular flexibility index (Phi) is 3.54. The molecule has 0 fully saturated rings. The van der Waals surface area contributed by atoms with Gasteiger partial charge in [0.15, 0.2) is 5.78 Å². The number of nitrogens with zero attached hydrogens (tertiary/aromatic N) is 1. The average Bonchev–Trinajstić information content (AvgIpc) is 2.33. The third-order valence-corrected chi connectivity index (χ3v) is 3.19. The number of halogens is 1. The van der Waals surface area contributed by atoms with Crippen molar-refractivity contribution in [3.05, 3.63) is 54.0 Å². The van der Waals surface area contributed by atoms with Crippen LogP contribution in [0.25, 0.3) is 0 Å². The molecule has 0 spiro atoms. The predicted molar refractivity (Wildman–Crippen MR) is 64.8 cm³/mol. The number of pyridine rings is 1. The van der Waals surface area contributed by atoms with Gasteiger partial charge < -0.3 is 0 Å². The zero-order valence-electron chi connectivity index (χ0n) is 9.18. The number of rotatable bonds is 3. The molecule has 2 rings (SSSR count). The lowest BCUT2D eigenvalue weighted by atomic mass is 10.1. The minimum Gasteiger partial charge on any atom is -0.295 e. The van der Waals surface area contributed by atoms with Crippen LogP contribution < -0.4 is 0 Å². The monoisotopic (exact) mass is 247 g/mol. The first-order valence-electron chi connectivity index (χ1n) is 5.06. The maximum Gasteiger partial charge on any atom is 0.159 e. The molecule has 0 amide bonds.